The minimum atomic E-state index is -0.564. The first-order chi connectivity index (χ1) is 15.0. The Morgan fingerprint density at radius 1 is 1.03 bits per heavy atom. The number of carbonyl (C=O) groups excluding carboxylic acids is 2. The summed E-state index contributed by atoms with van der Waals surface area (Å²) in [5.74, 6) is 1.31. The van der Waals surface area contributed by atoms with E-state index >= 15 is 0 Å². The Morgan fingerprint density at radius 3 is 2.58 bits per heavy atom. The van der Waals surface area contributed by atoms with E-state index in [9.17, 15) is 9.59 Å². The smallest absolute Gasteiger partial charge is 0.248 e. The van der Waals surface area contributed by atoms with Gasteiger partial charge < -0.3 is 20.5 Å². The van der Waals surface area contributed by atoms with Crippen LogP contribution in [-0.2, 0) is 10.2 Å². The number of rotatable bonds is 5. The monoisotopic (exact) mass is 415 g/mol. The van der Waals surface area contributed by atoms with Gasteiger partial charge in [-0.2, -0.15) is 0 Å². The molecule has 1 aliphatic heterocycles. The molecular formula is C24H21N3O4. The number of amides is 2. The zero-order valence-corrected chi connectivity index (χ0v) is 17.0. The number of hydrogen-bond acceptors (Lipinski definition) is 5. The molecule has 0 atom stereocenters. The minimum Gasteiger partial charge on any atom is -0.454 e. The Hall–Kier alpha value is -3.87. The van der Waals surface area contributed by atoms with E-state index in [0.29, 0.717) is 22.9 Å². The number of hydrogen-bond donors (Lipinski definition) is 2. The van der Waals surface area contributed by atoms with Crippen molar-refractivity contribution < 1.29 is 19.1 Å². The fraction of sp³-hybridized carbons (Fsp3) is 0.208. The summed E-state index contributed by atoms with van der Waals surface area (Å²) in [6.07, 6.45) is 1.55. The van der Waals surface area contributed by atoms with Crippen LogP contribution in [0.4, 0.5) is 5.82 Å². The van der Waals surface area contributed by atoms with Crippen LogP contribution in [0.5, 0.6) is 11.5 Å². The van der Waals surface area contributed by atoms with Crippen molar-refractivity contribution in [1.82, 2.24) is 4.98 Å². The van der Waals surface area contributed by atoms with Gasteiger partial charge in [-0.15, -0.1) is 0 Å². The van der Waals surface area contributed by atoms with Gasteiger partial charge in [-0.3, -0.25) is 9.59 Å². The lowest BCUT2D eigenvalue weighted by molar-refractivity contribution is -0.118. The van der Waals surface area contributed by atoms with Crippen molar-refractivity contribution in [3.05, 3.63) is 71.4 Å². The summed E-state index contributed by atoms with van der Waals surface area (Å²) in [4.78, 5) is 29.1. The molecule has 3 aromatic rings. The summed E-state index contributed by atoms with van der Waals surface area (Å²) in [7, 11) is 0. The van der Waals surface area contributed by atoms with Crippen LogP contribution in [0, 0.1) is 6.92 Å². The molecule has 0 radical (unpaired) electrons. The van der Waals surface area contributed by atoms with Crippen molar-refractivity contribution in [3.63, 3.8) is 0 Å². The van der Waals surface area contributed by atoms with Crippen molar-refractivity contribution in [2.75, 3.05) is 12.1 Å². The van der Waals surface area contributed by atoms with E-state index in [0.717, 1.165) is 35.2 Å². The van der Waals surface area contributed by atoms with Crippen LogP contribution in [0.2, 0.25) is 0 Å². The number of ether oxygens (including phenoxy) is 2. The molecule has 31 heavy (non-hydrogen) atoms. The Labute approximate surface area is 179 Å². The number of aromatic nitrogens is 1. The first-order valence-electron chi connectivity index (χ1n) is 10.1. The van der Waals surface area contributed by atoms with E-state index in [1.165, 1.54) is 0 Å². The maximum Gasteiger partial charge on any atom is 0.248 e. The number of fused-ring (bicyclic) bond motifs is 1. The average molecular weight is 415 g/mol. The van der Waals surface area contributed by atoms with Crippen LogP contribution in [0.15, 0.2) is 54.6 Å². The molecule has 0 bridgehead atoms. The molecule has 2 aliphatic rings. The summed E-state index contributed by atoms with van der Waals surface area (Å²) in [6.45, 7) is 2.07. The van der Waals surface area contributed by atoms with E-state index < -0.39 is 11.3 Å². The summed E-state index contributed by atoms with van der Waals surface area (Å²) in [5.41, 5.74) is 8.64. The normalized spacial score (nSPS) is 15.4. The highest BCUT2D eigenvalue weighted by Crippen LogP contribution is 2.51. The third-order valence-electron chi connectivity index (χ3n) is 5.90. The molecular weight excluding hydrogens is 394 g/mol. The van der Waals surface area contributed by atoms with Gasteiger partial charge in [0.05, 0.1) is 5.41 Å². The first-order valence-corrected chi connectivity index (χ1v) is 10.1. The highest BCUT2D eigenvalue weighted by atomic mass is 16.7. The van der Waals surface area contributed by atoms with Gasteiger partial charge in [0, 0.05) is 16.8 Å². The molecule has 2 aromatic carbocycles. The SMILES string of the molecule is Cc1nc(NC(=O)C2(c3ccc4c(c3)OCO4)CC2)ccc1-c1cccc(C(N)=O)c1. The highest BCUT2D eigenvalue weighted by Gasteiger charge is 2.51. The first kappa shape index (κ1) is 19.1. The zero-order chi connectivity index (χ0) is 21.6. The van der Waals surface area contributed by atoms with Crippen LogP contribution in [0.25, 0.3) is 11.1 Å². The molecule has 1 saturated carbocycles. The van der Waals surface area contributed by atoms with Gasteiger partial charge in [-0.05, 0) is 67.3 Å². The average Bonchev–Trinajstić information content (AvgIpc) is 3.45. The Bertz CT molecular complexity index is 1220. The van der Waals surface area contributed by atoms with Gasteiger partial charge in [-0.1, -0.05) is 18.2 Å². The molecule has 156 valence electrons. The number of carbonyl (C=O) groups is 2. The quantitative estimate of drug-likeness (QED) is 0.663. The van der Waals surface area contributed by atoms with Gasteiger partial charge in [0.15, 0.2) is 11.5 Å². The van der Waals surface area contributed by atoms with Crippen LogP contribution in [-0.4, -0.2) is 23.6 Å². The number of nitrogens with zero attached hydrogens (tertiary/aromatic N) is 1. The zero-order valence-electron chi connectivity index (χ0n) is 17.0. The molecule has 0 unspecified atom stereocenters. The second kappa shape index (κ2) is 7.12. The molecule has 1 aromatic heterocycles. The number of pyridine rings is 1. The maximum absolute atomic E-state index is 13.1. The van der Waals surface area contributed by atoms with Gasteiger partial charge in [0.2, 0.25) is 18.6 Å². The molecule has 2 heterocycles. The number of nitrogens with one attached hydrogen (secondary N) is 1. The predicted molar refractivity (Wildman–Crippen MR) is 115 cm³/mol. The van der Waals surface area contributed by atoms with Gasteiger partial charge in [-0.25, -0.2) is 4.98 Å². The van der Waals surface area contributed by atoms with Crippen molar-refractivity contribution in [3.8, 4) is 22.6 Å². The van der Waals surface area contributed by atoms with Gasteiger partial charge in [0.25, 0.3) is 0 Å². The van der Waals surface area contributed by atoms with Crippen molar-refractivity contribution >= 4 is 17.6 Å². The fourth-order valence-electron chi connectivity index (χ4n) is 3.98. The van der Waals surface area contributed by atoms with Crippen LogP contribution < -0.4 is 20.5 Å². The van der Waals surface area contributed by atoms with E-state index in [2.05, 4.69) is 10.3 Å². The summed E-state index contributed by atoms with van der Waals surface area (Å²) in [5, 5.41) is 2.96. The highest BCUT2D eigenvalue weighted by molar-refractivity contribution is 6.01. The topological polar surface area (TPSA) is 104 Å². The van der Waals surface area contributed by atoms with Crippen molar-refractivity contribution in [2.45, 2.75) is 25.2 Å². The summed E-state index contributed by atoms with van der Waals surface area (Å²) in [6, 6.07) is 16.4. The molecule has 1 aliphatic carbocycles. The van der Waals surface area contributed by atoms with Gasteiger partial charge in [0.1, 0.15) is 5.82 Å². The van der Waals surface area contributed by atoms with Gasteiger partial charge >= 0.3 is 0 Å². The molecule has 2 amide bonds. The lowest BCUT2D eigenvalue weighted by atomic mass is 9.94. The number of nitrogens with two attached hydrogens (primary N) is 1. The molecule has 3 N–H and O–H groups in total. The summed E-state index contributed by atoms with van der Waals surface area (Å²) >= 11 is 0. The number of aryl methyl sites for hydroxylation is 1. The number of benzene rings is 2. The second-order valence-electron chi connectivity index (χ2n) is 7.88. The molecule has 1 fully saturated rings. The lowest BCUT2D eigenvalue weighted by Gasteiger charge is -2.17. The van der Waals surface area contributed by atoms with Crippen LogP contribution in [0.3, 0.4) is 0 Å². The largest absolute Gasteiger partial charge is 0.454 e. The number of anilines is 1. The molecule has 7 nitrogen and oxygen atoms in total. The number of primary amides is 1. The fourth-order valence-corrected chi connectivity index (χ4v) is 3.98. The third kappa shape index (κ3) is 3.38. The van der Waals surface area contributed by atoms with Crippen molar-refractivity contribution in [2.24, 2.45) is 5.73 Å². The van der Waals surface area contributed by atoms with Crippen LogP contribution >= 0.6 is 0 Å². The van der Waals surface area contributed by atoms with E-state index in [4.69, 9.17) is 15.2 Å². The minimum absolute atomic E-state index is 0.0817. The van der Waals surface area contributed by atoms with E-state index in [1.807, 2.05) is 37.3 Å². The maximum atomic E-state index is 13.1. The molecule has 0 saturated heterocycles. The van der Waals surface area contributed by atoms with Crippen LogP contribution in [0.1, 0.15) is 34.5 Å². The Morgan fingerprint density at radius 2 is 1.84 bits per heavy atom. The Kier molecular flexibility index (Phi) is 4.39. The molecule has 7 heteroatoms. The van der Waals surface area contributed by atoms with Crippen molar-refractivity contribution in [1.29, 1.82) is 0 Å². The standard InChI is InChI=1S/C24H21N3O4/c1-14-18(15-3-2-4-16(11-15)22(25)28)6-8-21(26-14)27-23(29)24(9-10-24)17-5-7-19-20(12-17)31-13-30-19/h2-8,11-12H,9-10,13H2,1H3,(H2,25,28)(H,26,27,29). The predicted octanol–water partition coefficient (Wildman–Crippen LogP) is 3.55. The third-order valence-corrected chi connectivity index (χ3v) is 5.90. The lowest BCUT2D eigenvalue weighted by Crippen LogP contribution is -2.28. The second-order valence-corrected chi connectivity index (χ2v) is 7.88. The molecule has 0 spiro atoms. The van der Waals surface area contributed by atoms with E-state index in [1.54, 1.807) is 24.3 Å². The molecule has 5 rings (SSSR count). The Balaban J connectivity index is 1.37. The van der Waals surface area contributed by atoms with E-state index in [-0.39, 0.29) is 12.7 Å². The summed E-state index contributed by atoms with van der Waals surface area (Å²) < 4.78 is 10.8.